The third-order valence-corrected chi connectivity index (χ3v) is 7.47. The van der Waals surface area contributed by atoms with E-state index in [0.717, 1.165) is 18.9 Å². The second kappa shape index (κ2) is 12.0. The summed E-state index contributed by atoms with van der Waals surface area (Å²) in [6.07, 6.45) is 2.61. The minimum atomic E-state index is -4.11. The normalized spacial score (nSPS) is 15.0. The van der Waals surface area contributed by atoms with Gasteiger partial charge in [-0.15, -0.1) is 0 Å². The van der Waals surface area contributed by atoms with Crippen LogP contribution in [0.15, 0.2) is 71.9 Å². The molecule has 4 rings (SSSR count). The number of sulfonamides is 1. The maximum Gasteiger partial charge on any atom is 0.306 e. The van der Waals surface area contributed by atoms with Crippen LogP contribution in [0.4, 0.5) is 16.0 Å². The fourth-order valence-corrected chi connectivity index (χ4v) is 5.29. The van der Waals surface area contributed by atoms with Crippen molar-refractivity contribution in [1.82, 2.24) is 20.0 Å². The number of halogens is 1. The molecule has 1 unspecified atom stereocenters. The van der Waals surface area contributed by atoms with Gasteiger partial charge in [-0.3, -0.25) is 9.59 Å². The van der Waals surface area contributed by atoms with Crippen LogP contribution in [0.2, 0.25) is 0 Å². The maximum atomic E-state index is 15.0. The quantitative estimate of drug-likeness (QED) is 0.282. The minimum absolute atomic E-state index is 0.0710. The van der Waals surface area contributed by atoms with Crippen molar-refractivity contribution in [2.45, 2.75) is 36.4 Å². The Bertz CT molecular complexity index is 1370. The van der Waals surface area contributed by atoms with Crippen LogP contribution in [0.1, 0.15) is 29.6 Å². The molecule has 38 heavy (non-hydrogen) atoms. The first-order valence-corrected chi connectivity index (χ1v) is 13.4. The monoisotopic (exact) mass is 542 g/mol. The fraction of sp³-hybridized carbons (Fsp3) is 0.280. The molecule has 0 spiro atoms. The Morgan fingerprint density at radius 3 is 2.37 bits per heavy atom. The summed E-state index contributed by atoms with van der Waals surface area (Å²) >= 11 is 0. The van der Waals surface area contributed by atoms with Crippen LogP contribution in [0, 0.1) is 5.82 Å². The molecular formula is C25H27FN6O5S. The Morgan fingerprint density at radius 1 is 1.05 bits per heavy atom. The van der Waals surface area contributed by atoms with Gasteiger partial charge in [-0.25, -0.2) is 22.8 Å². The van der Waals surface area contributed by atoms with Gasteiger partial charge in [-0.1, -0.05) is 18.2 Å². The number of hydrogen-bond acceptors (Lipinski definition) is 8. The van der Waals surface area contributed by atoms with Crippen LogP contribution in [0.5, 0.6) is 0 Å². The van der Waals surface area contributed by atoms with Crippen LogP contribution < -0.4 is 20.3 Å². The van der Waals surface area contributed by atoms with Crippen molar-refractivity contribution in [2.24, 2.45) is 0 Å². The lowest BCUT2D eigenvalue weighted by molar-refractivity contribution is -0.137. The third-order valence-electron chi connectivity index (χ3n) is 5.98. The number of nitrogens with one attached hydrogen (secondary N) is 3. The summed E-state index contributed by atoms with van der Waals surface area (Å²) in [6.45, 7) is 1.16. The number of amides is 1. The highest BCUT2D eigenvalue weighted by atomic mass is 32.2. The number of piperidine rings is 1. The molecule has 1 saturated heterocycles. The zero-order chi connectivity index (χ0) is 27.1. The summed E-state index contributed by atoms with van der Waals surface area (Å²) in [5.41, 5.74) is 0.265. The second-order valence-electron chi connectivity index (χ2n) is 8.70. The molecule has 1 amide bonds. The maximum absolute atomic E-state index is 15.0. The van der Waals surface area contributed by atoms with Crippen LogP contribution in [0.3, 0.4) is 0 Å². The van der Waals surface area contributed by atoms with E-state index in [-0.39, 0.29) is 16.5 Å². The Labute approximate surface area is 219 Å². The molecule has 1 aliphatic rings. The molecule has 0 saturated carbocycles. The van der Waals surface area contributed by atoms with Gasteiger partial charge in [0.2, 0.25) is 16.0 Å². The predicted molar refractivity (Wildman–Crippen MR) is 138 cm³/mol. The Balaban J connectivity index is 1.39. The zero-order valence-electron chi connectivity index (χ0n) is 20.2. The summed E-state index contributed by atoms with van der Waals surface area (Å²) < 4.78 is 42.4. The van der Waals surface area contributed by atoms with Crippen LogP contribution in [-0.2, 0) is 14.8 Å². The van der Waals surface area contributed by atoms with Gasteiger partial charge in [0.05, 0.1) is 17.0 Å². The van der Waals surface area contributed by atoms with E-state index < -0.39 is 40.3 Å². The van der Waals surface area contributed by atoms with Gasteiger partial charge in [-0.2, -0.15) is 4.72 Å². The van der Waals surface area contributed by atoms with Crippen molar-refractivity contribution >= 4 is 33.5 Å². The summed E-state index contributed by atoms with van der Waals surface area (Å²) in [6, 6.07) is 13.2. The molecule has 3 aromatic rings. The van der Waals surface area contributed by atoms with Crippen molar-refractivity contribution in [2.75, 3.05) is 23.3 Å². The van der Waals surface area contributed by atoms with Gasteiger partial charge in [0.15, 0.2) is 0 Å². The summed E-state index contributed by atoms with van der Waals surface area (Å²) in [5, 5.41) is 14.8. The van der Waals surface area contributed by atoms with Crippen LogP contribution >= 0.6 is 0 Å². The minimum Gasteiger partial charge on any atom is -0.481 e. The van der Waals surface area contributed by atoms with Gasteiger partial charge in [0, 0.05) is 37.1 Å². The number of carbonyl (C=O) groups is 2. The largest absolute Gasteiger partial charge is 0.481 e. The predicted octanol–water partition coefficient (Wildman–Crippen LogP) is 2.21. The molecule has 0 radical (unpaired) electrons. The first kappa shape index (κ1) is 26.9. The molecule has 1 aliphatic heterocycles. The molecule has 200 valence electrons. The average Bonchev–Trinajstić information content (AvgIpc) is 2.89. The van der Waals surface area contributed by atoms with Crippen molar-refractivity contribution in [3.8, 4) is 0 Å². The Morgan fingerprint density at radius 2 is 1.74 bits per heavy atom. The molecule has 2 heterocycles. The van der Waals surface area contributed by atoms with E-state index in [0.29, 0.717) is 24.7 Å². The number of carboxylic acids is 1. The highest BCUT2D eigenvalue weighted by Crippen LogP contribution is 2.25. The Kier molecular flexibility index (Phi) is 8.48. The number of anilines is 2. The molecular weight excluding hydrogens is 515 g/mol. The van der Waals surface area contributed by atoms with Gasteiger partial charge in [-0.05, 0) is 49.2 Å². The van der Waals surface area contributed by atoms with Gasteiger partial charge in [0.1, 0.15) is 12.0 Å². The SMILES string of the molecule is O=C(O)CC(NC(=O)c1ccc(N2CCC(Nc3ncccn3)CC2)c(F)c1)NS(=O)(=O)c1ccccc1. The average molecular weight is 543 g/mol. The summed E-state index contributed by atoms with van der Waals surface area (Å²) in [5.74, 6) is -2.22. The van der Waals surface area contributed by atoms with Gasteiger partial charge < -0.3 is 20.6 Å². The number of carboxylic acid groups (broad SMARTS) is 1. The second-order valence-corrected chi connectivity index (χ2v) is 10.4. The van der Waals surface area contributed by atoms with Gasteiger partial charge in [0.25, 0.3) is 5.91 Å². The lowest BCUT2D eigenvalue weighted by atomic mass is 10.0. The number of carbonyl (C=O) groups excluding carboxylic acids is 1. The number of aliphatic carboxylic acids is 1. The highest BCUT2D eigenvalue weighted by Gasteiger charge is 2.26. The van der Waals surface area contributed by atoms with Crippen molar-refractivity contribution in [3.63, 3.8) is 0 Å². The molecule has 2 aromatic carbocycles. The molecule has 13 heteroatoms. The number of aromatic nitrogens is 2. The van der Waals surface area contributed by atoms with Crippen molar-refractivity contribution in [3.05, 3.63) is 78.4 Å². The molecule has 1 fully saturated rings. The van der Waals surface area contributed by atoms with E-state index in [1.54, 1.807) is 24.5 Å². The number of benzene rings is 2. The smallest absolute Gasteiger partial charge is 0.306 e. The lowest BCUT2D eigenvalue weighted by Gasteiger charge is -2.34. The van der Waals surface area contributed by atoms with Crippen molar-refractivity contribution in [1.29, 1.82) is 0 Å². The number of hydrogen-bond donors (Lipinski definition) is 4. The van der Waals surface area contributed by atoms with E-state index in [9.17, 15) is 23.1 Å². The van der Waals surface area contributed by atoms with E-state index >= 15 is 4.39 Å². The molecule has 0 bridgehead atoms. The number of nitrogens with zero attached hydrogens (tertiary/aromatic N) is 3. The zero-order valence-corrected chi connectivity index (χ0v) is 21.1. The van der Waals surface area contributed by atoms with Gasteiger partial charge >= 0.3 is 5.97 Å². The topological polar surface area (TPSA) is 154 Å². The van der Waals surface area contributed by atoms with E-state index in [1.807, 2.05) is 4.90 Å². The molecule has 11 nitrogen and oxygen atoms in total. The van der Waals surface area contributed by atoms with E-state index in [2.05, 4.69) is 25.3 Å². The Hall–Kier alpha value is -4.10. The van der Waals surface area contributed by atoms with Crippen LogP contribution in [-0.4, -0.2) is 60.7 Å². The molecule has 1 aromatic heterocycles. The first-order valence-electron chi connectivity index (χ1n) is 11.9. The van der Waals surface area contributed by atoms with Crippen molar-refractivity contribution < 1.29 is 27.5 Å². The summed E-state index contributed by atoms with van der Waals surface area (Å²) in [4.78, 5) is 34.2. The summed E-state index contributed by atoms with van der Waals surface area (Å²) in [7, 11) is -4.11. The van der Waals surface area contributed by atoms with E-state index in [4.69, 9.17) is 0 Å². The fourth-order valence-electron chi connectivity index (χ4n) is 4.12. The first-order chi connectivity index (χ1) is 18.2. The molecule has 0 aliphatic carbocycles. The lowest BCUT2D eigenvalue weighted by Crippen LogP contribution is -2.49. The highest BCUT2D eigenvalue weighted by molar-refractivity contribution is 7.89. The van der Waals surface area contributed by atoms with Crippen LogP contribution in [0.25, 0.3) is 0 Å². The number of rotatable bonds is 10. The van der Waals surface area contributed by atoms with E-state index in [1.165, 1.54) is 36.4 Å². The molecule has 1 atom stereocenters. The molecule has 4 N–H and O–H groups in total. The third kappa shape index (κ3) is 7.01. The standard InChI is InChI=1S/C25H27FN6O5S/c26-20-15-17(7-8-21(20)32-13-9-18(10-14-32)29-25-27-11-4-12-28-25)24(35)30-22(16-23(33)34)31-38(36,37)19-5-2-1-3-6-19/h1-8,11-12,15,18,22,31H,9-10,13-14,16H2,(H,30,35)(H,33,34)(H,27,28,29).